The monoisotopic (exact) mass is 738 g/mol. The summed E-state index contributed by atoms with van der Waals surface area (Å²) in [4.78, 5) is 0. The zero-order chi connectivity index (χ0) is 33.0. The molecular formula is C44H50Cl2Zr-2. The Morgan fingerprint density at radius 1 is 0.638 bits per heavy atom. The maximum absolute atomic E-state index is 3.67. The van der Waals surface area contributed by atoms with Gasteiger partial charge >= 0.3 is 99.2 Å². The number of hydrogen-bond donors (Lipinski definition) is 0. The van der Waals surface area contributed by atoms with Crippen molar-refractivity contribution in [3.63, 3.8) is 0 Å². The van der Waals surface area contributed by atoms with Crippen molar-refractivity contribution in [3.05, 3.63) is 154 Å². The third kappa shape index (κ3) is 10.8. The molecule has 3 heteroatoms. The van der Waals surface area contributed by atoms with Crippen molar-refractivity contribution in [2.75, 3.05) is 0 Å². The van der Waals surface area contributed by atoms with Crippen LogP contribution in [0.25, 0.3) is 11.1 Å². The van der Waals surface area contributed by atoms with Crippen LogP contribution in [0.3, 0.4) is 0 Å². The first-order valence-electron chi connectivity index (χ1n) is 16.2. The van der Waals surface area contributed by atoms with E-state index in [2.05, 4.69) is 178 Å². The predicted molar refractivity (Wildman–Crippen MR) is 192 cm³/mol. The van der Waals surface area contributed by atoms with Crippen molar-refractivity contribution in [2.45, 2.75) is 92.9 Å². The molecule has 2 aliphatic rings. The number of fused-ring (bicyclic) bond motifs is 3. The van der Waals surface area contributed by atoms with Crippen LogP contribution in [0.2, 0.25) is 0 Å². The van der Waals surface area contributed by atoms with Crippen molar-refractivity contribution in [1.82, 2.24) is 0 Å². The molecule has 6 rings (SSSR count). The molecule has 0 aliphatic heterocycles. The predicted octanol–water partition coefficient (Wildman–Crippen LogP) is 5.58. The van der Waals surface area contributed by atoms with Crippen LogP contribution >= 0.6 is 0 Å². The second-order valence-electron chi connectivity index (χ2n) is 15.4. The van der Waals surface area contributed by atoms with E-state index in [1.807, 2.05) is 0 Å². The van der Waals surface area contributed by atoms with E-state index in [1.54, 1.807) is 0 Å². The Kier molecular flexibility index (Phi) is 14.7. The van der Waals surface area contributed by atoms with Crippen LogP contribution in [0.15, 0.2) is 108 Å². The number of benzene rings is 4. The average Bonchev–Trinajstić information content (AvgIpc) is 3.60. The Morgan fingerprint density at radius 3 is 1.60 bits per heavy atom. The second kappa shape index (κ2) is 16.9. The van der Waals surface area contributed by atoms with Crippen molar-refractivity contribution in [2.24, 2.45) is 5.41 Å². The van der Waals surface area contributed by atoms with Gasteiger partial charge in [-0.1, -0.05) is 98.4 Å². The molecule has 0 N–H and O–H groups in total. The van der Waals surface area contributed by atoms with Crippen LogP contribution < -0.4 is 24.8 Å². The molecule has 0 amide bonds. The summed E-state index contributed by atoms with van der Waals surface area (Å²) in [5.74, 6) is 0. The van der Waals surface area contributed by atoms with Gasteiger partial charge in [0.05, 0.1) is 0 Å². The molecule has 47 heavy (non-hydrogen) atoms. The van der Waals surface area contributed by atoms with E-state index in [9.17, 15) is 0 Å². The molecule has 4 aromatic carbocycles. The van der Waals surface area contributed by atoms with Crippen LogP contribution in [-0.2, 0) is 41.5 Å². The van der Waals surface area contributed by atoms with Crippen molar-refractivity contribution in [3.8, 4) is 11.1 Å². The molecule has 0 unspecified atom stereocenters. The van der Waals surface area contributed by atoms with Crippen molar-refractivity contribution >= 4 is 3.21 Å². The van der Waals surface area contributed by atoms with E-state index < -0.39 is 0 Å². The second-order valence-corrected chi connectivity index (χ2v) is 16.6. The fraction of sp³-hybridized carbons (Fsp3) is 0.341. The Labute approximate surface area is 313 Å². The van der Waals surface area contributed by atoms with Gasteiger partial charge in [-0.2, -0.15) is 34.9 Å². The van der Waals surface area contributed by atoms with Crippen LogP contribution in [0.4, 0.5) is 0 Å². The summed E-state index contributed by atoms with van der Waals surface area (Å²) in [6.45, 7) is 22.5. The fourth-order valence-corrected chi connectivity index (χ4v) is 6.60. The summed E-state index contributed by atoms with van der Waals surface area (Å²) in [7, 11) is 0. The van der Waals surface area contributed by atoms with Gasteiger partial charge in [0.2, 0.25) is 0 Å². The summed E-state index contributed by atoms with van der Waals surface area (Å²) in [5.41, 5.74) is 14.6. The number of allylic oxidation sites excluding steroid dienone is 4. The first-order valence-corrected chi connectivity index (χ1v) is 17.4. The Hall–Kier alpha value is -2.31. The molecular weight excluding hydrogens is 691 g/mol. The Bertz CT molecular complexity index is 1590. The number of halogens is 2. The van der Waals surface area contributed by atoms with E-state index in [1.165, 1.54) is 83.1 Å². The zero-order valence-corrected chi connectivity index (χ0v) is 33.9. The van der Waals surface area contributed by atoms with Gasteiger partial charge in [0.15, 0.2) is 0 Å². The molecule has 0 saturated heterocycles. The molecule has 0 bridgehead atoms. The quantitative estimate of drug-likeness (QED) is 0.208. The molecule has 0 aromatic heterocycles. The molecule has 0 saturated carbocycles. The summed E-state index contributed by atoms with van der Waals surface area (Å²) in [6, 6.07) is 36.3. The molecule has 0 fully saturated rings. The summed E-state index contributed by atoms with van der Waals surface area (Å²) >= 11 is 1.46. The van der Waals surface area contributed by atoms with Crippen LogP contribution in [0, 0.1) is 17.6 Å². The SMILES string of the molecule is CC(C)(C)c1[c-]c2c(cc1)-c1ccc(C(C)(C)C)cc1C2.CC1=C(C(C)(C)C)C=[C-]C1.[Cl-].[Cl-].[Zr+2]=[C](c1ccccc1)c1ccccc1. The van der Waals surface area contributed by atoms with Gasteiger partial charge in [0.25, 0.3) is 0 Å². The minimum absolute atomic E-state index is 0. The molecule has 0 atom stereocenters. The topological polar surface area (TPSA) is 0 Å². The Morgan fingerprint density at radius 2 is 1.17 bits per heavy atom. The van der Waals surface area contributed by atoms with Gasteiger partial charge in [-0.15, -0.1) is 17.5 Å². The zero-order valence-electron chi connectivity index (χ0n) is 29.9. The van der Waals surface area contributed by atoms with Gasteiger partial charge in [0, 0.05) is 0 Å². The van der Waals surface area contributed by atoms with Gasteiger partial charge in [-0.25, -0.2) is 6.08 Å². The maximum atomic E-state index is 3.67. The molecule has 0 heterocycles. The van der Waals surface area contributed by atoms with Crippen molar-refractivity contribution < 1.29 is 49.0 Å². The summed E-state index contributed by atoms with van der Waals surface area (Å²) in [5, 5.41) is 0. The molecule has 0 radical (unpaired) electrons. The van der Waals surface area contributed by atoms with Gasteiger partial charge < -0.3 is 24.8 Å². The van der Waals surface area contributed by atoms with Crippen LogP contribution in [0.5, 0.6) is 0 Å². The first kappa shape index (κ1) is 40.9. The standard InChI is InChI=1S/C21H25.C13H10.C10H15.2ClH.Zr/c1-20(2,3)16-7-9-18-14(12-16)11-15-13-17(21(4,5)6)8-10-19(15)18;1-3-7-12(8-4-1)11-13-9-5-2-6-10-13;1-8-6-5-7-9(8)10(2,3)4;;;/h7-10,12H,11H2,1-6H3;1-10H;7H,6H2,1-4H3;2*1H;/q-1;;-1;;;+2/p-2. The normalized spacial score (nSPS) is 13.2. The molecule has 4 aromatic rings. The van der Waals surface area contributed by atoms with E-state index in [0.29, 0.717) is 5.41 Å². The van der Waals surface area contributed by atoms with E-state index in [-0.39, 0.29) is 35.6 Å². The summed E-state index contributed by atoms with van der Waals surface area (Å²) in [6.07, 6.45) is 7.42. The van der Waals surface area contributed by atoms with E-state index in [0.717, 1.165) is 12.8 Å². The third-order valence-corrected chi connectivity index (χ3v) is 9.89. The minimum atomic E-state index is 0. The van der Waals surface area contributed by atoms with Crippen molar-refractivity contribution in [1.29, 1.82) is 0 Å². The Balaban J connectivity index is 0.000000258. The third-order valence-electron chi connectivity index (χ3n) is 8.47. The molecule has 0 spiro atoms. The van der Waals surface area contributed by atoms with E-state index >= 15 is 0 Å². The van der Waals surface area contributed by atoms with E-state index in [4.69, 9.17) is 0 Å². The molecule has 2 aliphatic carbocycles. The van der Waals surface area contributed by atoms with Crippen LogP contribution in [-0.4, -0.2) is 3.21 Å². The molecule has 0 nitrogen and oxygen atoms in total. The van der Waals surface area contributed by atoms with Gasteiger partial charge in [-0.05, 0) is 28.4 Å². The van der Waals surface area contributed by atoms with Crippen LogP contribution in [0.1, 0.15) is 109 Å². The van der Waals surface area contributed by atoms with Gasteiger partial charge in [-0.3, -0.25) is 6.08 Å². The number of hydrogen-bond acceptors (Lipinski definition) is 0. The number of rotatable bonds is 2. The first-order chi connectivity index (χ1) is 21.1. The average molecular weight is 741 g/mol. The summed E-state index contributed by atoms with van der Waals surface area (Å²) < 4.78 is 1.42. The van der Waals surface area contributed by atoms with Gasteiger partial charge in [0.1, 0.15) is 0 Å². The fourth-order valence-electron chi connectivity index (χ4n) is 5.79. The molecule has 246 valence electrons.